The molecule has 0 N–H and O–H groups in total. The van der Waals surface area contributed by atoms with E-state index in [1.807, 2.05) is 0 Å². The van der Waals surface area contributed by atoms with Crippen LogP contribution in [0.5, 0.6) is 11.5 Å². The van der Waals surface area contributed by atoms with Gasteiger partial charge in [0.25, 0.3) is 5.91 Å². The van der Waals surface area contributed by atoms with Gasteiger partial charge in [-0.2, -0.15) is 4.99 Å². The molecule has 9 heteroatoms. The van der Waals surface area contributed by atoms with E-state index in [2.05, 4.69) is 4.99 Å². The Labute approximate surface area is 174 Å². The molecule has 0 saturated carbocycles. The standard InChI is InChI=1S/C21H17FN2O5S/c1-2-27-20(26)11-24-15-6-5-14(22)10-18(15)30-21(24)23-19(25)8-4-13-3-7-16-17(9-13)29-12-28-16/h3-10H,2,11-12H2,1H3. The number of ether oxygens (including phenoxy) is 3. The number of amides is 1. The van der Waals surface area contributed by atoms with Crippen molar-refractivity contribution in [1.82, 2.24) is 4.57 Å². The zero-order chi connectivity index (χ0) is 21.1. The van der Waals surface area contributed by atoms with E-state index in [4.69, 9.17) is 14.2 Å². The van der Waals surface area contributed by atoms with E-state index >= 15 is 0 Å². The average Bonchev–Trinajstić information content (AvgIpc) is 3.30. The number of esters is 1. The van der Waals surface area contributed by atoms with Crippen molar-refractivity contribution in [2.75, 3.05) is 13.4 Å². The number of thiazole rings is 1. The summed E-state index contributed by atoms with van der Waals surface area (Å²) in [5.41, 5.74) is 1.35. The molecule has 0 atom stereocenters. The highest BCUT2D eigenvalue weighted by molar-refractivity contribution is 7.16. The molecule has 0 aliphatic carbocycles. The van der Waals surface area contributed by atoms with Gasteiger partial charge < -0.3 is 18.8 Å². The van der Waals surface area contributed by atoms with Crippen LogP contribution in [0, 0.1) is 5.82 Å². The first kappa shape index (κ1) is 19.8. The van der Waals surface area contributed by atoms with Gasteiger partial charge in [0.05, 0.1) is 16.8 Å². The fourth-order valence-electron chi connectivity index (χ4n) is 2.94. The van der Waals surface area contributed by atoms with Gasteiger partial charge in [-0.1, -0.05) is 17.4 Å². The lowest BCUT2D eigenvalue weighted by Gasteiger charge is -2.04. The SMILES string of the molecule is CCOC(=O)Cn1c(=NC(=O)C=Cc2ccc3c(c2)OCO3)sc2cc(F)ccc21. The maximum absolute atomic E-state index is 13.6. The number of fused-ring (bicyclic) bond motifs is 2. The summed E-state index contributed by atoms with van der Waals surface area (Å²) in [7, 11) is 0. The highest BCUT2D eigenvalue weighted by Gasteiger charge is 2.14. The number of carbonyl (C=O) groups is 2. The molecule has 1 aliphatic heterocycles. The maximum atomic E-state index is 13.6. The molecular formula is C21H17FN2O5S. The number of benzene rings is 2. The zero-order valence-corrected chi connectivity index (χ0v) is 16.8. The van der Waals surface area contributed by atoms with Gasteiger partial charge in [0.2, 0.25) is 6.79 Å². The van der Waals surface area contributed by atoms with Crippen LogP contribution < -0.4 is 14.3 Å². The van der Waals surface area contributed by atoms with E-state index in [0.29, 0.717) is 21.7 Å². The van der Waals surface area contributed by atoms with Gasteiger partial charge in [0.15, 0.2) is 16.3 Å². The van der Waals surface area contributed by atoms with Crippen LogP contribution in [0.3, 0.4) is 0 Å². The van der Waals surface area contributed by atoms with Crippen molar-refractivity contribution in [3.63, 3.8) is 0 Å². The van der Waals surface area contributed by atoms with Crippen LogP contribution in [0.4, 0.5) is 4.39 Å². The molecule has 0 bridgehead atoms. The Hall–Kier alpha value is -3.46. The van der Waals surface area contributed by atoms with Gasteiger partial charge in [0, 0.05) is 6.08 Å². The number of aromatic nitrogens is 1. The van der Waals surface area contributed by atoms with Crippen molar-refractivity contribution >= 4 is 39.5 Å². The van der Waals surface area contributed by atoms with Crippen molar-refractivity contribution in [3.05, 3.63) is 58.7 Å². The molecule has 0 spiro atoms. The quantitative estimate of drug-likeness (QED) is 0.460. The maximum Gasteiger partial charge on any atom is 0.326 e. The number of nitrogens with zero attached hydrogens (tertiary/aromatic N) is 2. The van der Waals surface area contributed by atoms with Gasteiger partial charge in [-0.25, -0.2) is 4.39 Å². The molecule has 4 rings (SSSR count). The topological polar surface area (TPSA) is 79.1 Å². The minimum Gasteiger partial charge on any atom is -0.465 e. The third-order valence-electron chi connectivity index (χ3n) is 4.26. The van der Waals surface area contributed by atoms with Crippen molar-refractivity contribution in [1.29, 1.82) is 0 Å². The van der Waals surface area contributed by atoms with E-state index in [1.54, 1.807) is 41.8 Å². The smallest absolute Gasteiger partial charge is 0.326 e. The van der Waals surface area contributed by atoms with E-state index in [0.717, 1.165) is 16.9 Å². The second kappa shape index (κ2) is 8.50. The summed E-state index contributed by atoms with van der Waals surface area (Å²) in [5, 5.41) is 0. The molecule has 154 valence electrons. The van der Waals surface area contributed by atoms with E-state index in [1.165, 1.54) is 18.2 Å². The number of carbonyl (C=O) groups excluding carboxylic acids is 2. The molecule has 0 radical (unpaired) electrons. The second-order valence-electron chi connectivity index (χ2n) is 6.28. The minimum absolute atomic E-state index is 0.128. The first-order chi connectivity index (χ1) is 14.5. The lowest BCUT2D eigenvalue weighted by Crippen LogP contribution is -2.22. The molecule has 7 nitrogen and oxygen atoms in total. The Kier molecular flexibility index (Phi) is 5.62. The van der Waals surface area contributed by atoms with E-state index < -0.39 is 17.7 Å². The molecule has 1 aliphatic rings. The molecule has 0 fully saturated rings. The van der Waals surface area contributed by atoms with Crippen LogP contribution in [0.1, 0.15) is 12.5 Å². The van der Waals surface area contributed by atoms with Crippen LogP contribution in [0.2, 0.25) is 0 Å². The Morgan fingerprint density at radius 3 is 2.90 bits per heavy atom. The van der Waals surface area contributed by atoms with Crippen LogP contribution in [0.15, 0.2) is 47.5 Å². The fourth-order valence-corrected chi connectivity index (χ4v) is 4.00. The Morgan fingerprint density at radius 1 is 1.23 bits per heavy atom. The highest BCUT2D eigenvalue weighted by Crippen LogP contribution is 2.32. The Morgan fingerprint density at radius 2 is 2.07 bits per heavy atom. The molecular weight excluding hydrogens is 411 g/mol. The number of halogens is 1. The number of hydrogen-bond donors (Lipinski definition) is 0. The number of rotatable bonds is 5. The van der Waals surface area contributed by atoms with Crippen molar-refractivity contribution < 1.29 is 28.2 Å². The molecule has 3 aromatic rings. The van der Waals surface area contributed by atoms with Gasteiger partial charge in [-0.3, -0.25) is 9.59 Å². The summed E-state index contributed by atoms with van der Waals surface area (Å²) in [4.78, 5) is 28.8. The van der Waals surface area contributed by atoms with Gasteiger partial charge in [-0.05, 0) is 48.9 Å². The second-order valence-corrected chi connectivity index (χ2v) is 7.29. The first-order valence-electron chi connectivity index (χ1n) is 9.14. The third kappa shape index (κ3) is 4.25. The molecule has 2 heterocycles. The lowest BCUT2D eigenvalue weighted by molar-refractivity contribution is -0.143. The Balaban J connectivity index is 1.65. The van der Waals surface area contributed by atoms with Crippen LogP contribution in [-0.4, -0.2) is 29.8 Å². The van der Waals surface area contributed by atoms with Crippen molar-refractivity contribution in [3.8, 4) is 11.5 Å². The summed E-state index contributed by atoms with van der Waals surface area (Å²) in [5.74, 6) is -0.128. The predicted octanol–water partition coefficient (Wildman–Crippen LogP) is 3.27. The normalized spacial score (nSPS) is 13.3. The Bertz CT molecular complexity index is 1230. The van der Waals surface area contributed by atoms with Crippen molar-refractivity contribution in [2.24, 2.45) is 4.99 Å². The summed E-state index contributed by atoms with van der Waals surface area (Å²) >= 11 is 1.12. The van der Waals surface area contributed by atoms with Crippen LogP contribution >= 0.6 is 11.3 Å². The predicted molar refractivity (Wildman–Crippen MR) is 109 cm³/mol. The largest absolute Gasteiger partial charge is 0.465 e. The van der Waals surface area contributed by atoms with Gasteiger partial charge in [-0.15, -0.1) is 0 Å². The van der Waals surface area contributed by atoms with Crippen LogP contribution in [-0.2, 0) is 20.9 Å². The van der Waals surface area contributed by atoms with Crippen LogP contribution in [0.25, 0.3) is 16.3 Å². The van der Waals surface area contributed by atoms with E-state index in [-0.39, 0.29) is 24.7 Å². The molecule has 0 unspecified atom stereocenters. The summed E-state index contributed by atoms with van der Waals surface area (Å²) in [6.07, 6.45) is 2.92. The monoisotopic (exact) mass is 428 g/mol. The van der Waals surface area contributed by atoms with Gasteiger partial charge >= 0.3 is 5.97 Å². The fraction of sp³-hybridized carbons (Fsp3) is 0.190. The molecule has 30 heavy (non-hydrogen) atoms. The van der Waals surface area contributed by atoms with Crippen molar-refractivity contribution in [2.45, 2.75) is 13.5 Å². The summed E-state index contributed by atoms with van der Waals surface area (Å²) in [6.45, 7) is 1.99. The third-order valence-corrected chi connectivity index (χ3v) is 5.30. The molecule has 2 aromatic carbocycles. The highest BCUT2D eigenvalue weighted by atomic mass is 32.1. The lowest BCUT2D eigenvalue weighted by atomic mass is 10.2. The summed E-state index contributed by atoms with van der Waals surface area (Å²) < 4.78 is 31.3. The number of hydrogen-bond acceptors (Lipinski definition) is 6. The molecule has 1 aromatic heterocycles. The summed E-state index contributed by atoms with van der Waals surface area (Å²) in [6, 6.07) is 9.49. The zero-order valence-electron chi connectivity index (χ0n) is 16.0. The molecule has 1 amide bonds. The average molecular weight is 428 g/mol. The molecule has 0 saturated heterocycles. The van der Waals surface area contributed by atoms with Gasteiger partial charge in [0.1, 0.15) is 12.4 Å². The van der Waals surface area contributed by atoms with E-state index in [9.17, 15) is 14.0 Å². The first-order valence-corrected chi connectivity index (χ1v) is 9.96. The minimum atomic E-state index is -0.516.